The number of nitrogens with one attached hydrogen (secondary N) is 1. The first-order valence-corrected chi connectivity index (χ1v) is 11.1. The van der Waals surface area contributed by atoms with Crippen LogP contribution >= 0.6 is 11.3 Å². The zero-order chi connectivity index (χ0) is 19.6. The molecule has 142 valence electrons. The third kappa shape index (κ3) is 3.92. The molecule has 0 spiro atoms. The van der Waals surface area contributed by atoms with Crippen LogP contribution in [0.2, 0.25) is 0 Å². The van der Waals surface area contributed by atoms with Crippen LogP contribution in [0.3, 0.4) is 0 Å². The van der Waals surface area contributed by atoms with E-state index in [1.807, 2.05) is 18.3 Å². The largest absolute Gasteiger partial charge is 0.365 e. The van der Waals surface area contributed by atoms with Crippen molar-refractivity contribution in [3.8, 4) is 0 Å². The van der Waals surface area contributed by atoms with E-state index in [0.29, 0.717) is 25.2 Å². The number of rotatable bonds is 5. The van der Waals surface area contributed by atoms with E-state index in [2.05, 4.69) is 19.5 Å². The summed E-state index contributed by atoms with van der Waals surface area (Å²) in [4.78, 5) is 11.2. The SMILES string of the molecule is [C-]#[N+]c1ccc2c(c1)C[C@@H](NS(=O)(=O)c1ccccc1)CN2Cc1cncs1. The number of sulfonamides is 1. The van der Waals surface area contributed by atoms with Crippen molar-refractivity contribution < 1.29 is 8.42 Å². The number of hydrogen-bond donors (Lipinski definition) is 1. The zero-order valence-corrected chi connectivity index (χ0v) is 16.6. The van der Waals surface area contributed by atoms with E-state index in [1.54, 1.807) is 53.2 Å². The lowest BCUT2D eigenvalue weighted by atomic mass is 9.98. The van der Waals surface area contributed by atoms with Crippen LogP contribution in [0.15, 0.2) is 65.1 Å². The van der Waals surface area contributed by atoms with Crippen molar-refractivity contribution in [2.75, 3.05) is 11.4 Å². The molecule has 0 aliphatic carbocycles. The second kappa shape index (κ2) is 7.72. The molecule has 0 saturated heterocycles. The third-order valence-corrected chi connectivity index (χ3v) is 6.95. The van der Waals surface area contributed by atoms with Gasteiger partial charge in [0.15, 0.2) is 5.69 Å². The summed E-state index contributed by atoms with van der Waals surface area (Å²) in [6.07, 6.45) is 2.37. The van der Waals surface area contributed by atoms with Gasteiger partial charge in [0, 0.05) is 29.3 Å². The van der Waals surface area contributed by atoms with Gasteiger partial charge < -0.3 is 4.90 Å². The normalized spacial score (nSPS) is 16.4. The number of fused-ring (bicyclic) bond motifs is 1. The number of anilines is 1. The molecular weight excluding hydrogens is 392 g/mol. The Morgan fingerprint density at radius 3 is 2.79 bits per heavy atom. The minimum Gasteiger partial charge on any atom is -0.365 e. The quantitative estimate of drug-likeness (QED) is 0.653. The first kappa shape index (κ1) is 18.6. The summed E-state index contributed by atoms with van der Waals surface area (Å²) in [6.45, 7) is 8.47. The van der Waals surface area contributed by atoms with Crippen LogP contribution in [0, 0.1) is 6.57 Å². The molecule has 0 radical (unpaired) electrons. The van der Waals surface area contributed by atoms with Crippen molar-refractivity contribution in [2.24, 2.45) is 0 Å². The van der Waals surface area contributed by atoms with E-state index >= 15 is 0 Å². The predicted molar refractivity (Wildman–Crippen MR) is 110 cm³/mol. The summed E-state index contributed by atoms with van der Waals surface area (Å²) in [5, 5.41) is 0. The maximum Gasteiger partial charge on any atom is 0.240 e. The molecule has 3 aromatic rings. The summed E-state index contributed by atoms with van der Waals surface area (Å²) >= 11 is 1.57. The summed E-state index contributed by atoms with van der Waals surface area (Å²) in [6, 6.07) is 13.7. The monoisotopic (exact) mass is 410 g/mol. The fourth-order valence-electron chi connectivity index (χ4n) is 3.43. The lowest BCUT2D eigenvalue weighted by Crippen LogP contribution is -2.47. The van der Waals surface area contributed by atoms with Crippen molar-refractivity contribution in [1.29, 1.82) is 0 Å². The number of thiazole rings is 1. The van der Waals surface area contributed by atoms with Gasteiger partial charge in [-0.05, 0) is 30.2 Å². The second-order valence-electron chi connectivity index (χ2n) is 6.61. The van der Waals surface area contributed by atoms with E-state index in [-0.39, 0.29) is 10.9 Å². The minimum absolute atomic E-state index is 0.254. The number of hydrogen-bond acceptors (Lipinski definition) is 5. The molecule has 1 atom stereocenters. The molecule has 0 amide bonds. The van der Waals surface area contributed by atoms with Gasteiger partial charge in [0.1, 0.15) is 0 Å². The average Bonchev–Trinajstić information content (AvgIpc) is 3.21. The highest BCUT2D eigenvalue weighted by Gasteiger charge is 2.28. The third-order valence-electron chi connectivity index (χ3n) is 4.65. The zero-order valence-electron chi connectivity index (χ0n) is 14.9. The van der Waals surface area contributed by atoms with Crippen LogP contribution in [-0.4, -0.2) is 26.0 Å². The van der Waals surface area contributed by atoms with Crippen molar-refractivity contribution >= 4 is 32.7 Å². The van der Waals surface area contributed by atoms with Gasteiger partial charge >= 0.3 is 0 Å². The van der Waals surface area contributed by atoms with Crippen LogP contribution < -0.4 is 9.62 Å². The molecule has 0 fully saturated rings. The van der Waals surface area contributed by atoms with E-state index in [1.165, 1.54) is 0 Å². The first-order chi connectivity index (χ1) is 13.5. The Labute approximate surface area is 168 Å². The van der Waals surface area contributed by atoms with Gasteiger partial charge in [0.2, 0.25) is 10.0 Å². The molecule has 6 nitrogen and oxygen atoms in total. The van der Waals surface area contributed by atoms with Gasteiger partial charge in [0.05, 0.1) is 23.5 Å². The predicted octanol–water partition coefficient (Wildman–Crippen LogP) is 3.60. The molecule has 28 heavy (non-hydrogen) atoms. The van der Waals surface area contributed by atoms with Crippen LogP contribution in [0.5, 0.6) is 0 Å². The summed E-state index contributed by atoms with van der Waals surface area (Å²) in [7, 11) is -3.61. The fraction of sp³-hybridized carbons (Fsp3) is 0.200. The Balaban J connectivity index is 1.63. The van der Waals surface area contributed by atoms with Crippen molar-refractivity contribution in [2.45, 2.75) is 23.9 Å². The Bertz CT molecular complexity index is 1110. The van der Waals surface area contributed by atoms with Crippen molar-refractivity contribution in [1.82, 2.24) is 9.71 Å². The highest BCUT2D eigenvalue weighted by Crippen LogP contribution is 2.32. The average molecular weight is 411 g/mol. The Morgan fingerprint density at radius 2 is 2.07 bits per heavy atom. The molecule has 8 heteroatoms. The summed E-state index contributed by atoms with van der Waals surface area (Å²) in [5.74, 6) is 0. The van der Waals surface area contributed by atoms with Gasteiger partial charge in [-0.25, -0.2) is 18.0 Å². The minimum atomic E-state index is -3.61. The van der Waals surface area contributed by atoms with Gasteiger partial charge in [-0.1, -0.05) is 30.3 Å². The molecular formula is C20H18N4O2S2. The van der Waals surface area contributed by atoms with Crippen LogP contribution in [-0.2, 0) is 23.0 Å². The number of nitrogens with zero attached hydrogens (tertiary/aromatic N) is 3. The van der Waals surface area contributed by atoms with Crippen LogP contribution in [0.4, 0.5) is 11.4 Å². The van der Waals surface area contributed by atoms with Gasteiger partial charge in [-0.3, -0.25) is 4.98 Å². The molecule has 2 heterocycles. The van der Waals surface area contributed by atoms with Gasteiger partial charge in [-0.15, -0.1) is 11.3 Å². The smallest absolute Gasteiger partial charge is 0.240 e. The van der Waals surface area contributed by atoms with Crippen molar-refractivity contribution in [3.63, 3.8) is 0 Å². The molecule has 1 N–H and O–H groups in total. The number of aromatic nitrogens is 1. The Kier molecular flexibility index (Phi) is 5.13. The van der Waals surface area contributed by atoms with Crippen LogP contribution in [0.25, 0.3) is 4.85 Å². The van der Waals surface area contributed by atoms with Gasteiger partial charge in [0.25, 0.3) is 0 Å². The standard InChI is InChI=1S/C20H18N4O2S2/c1-21-16-7-8-20-15(9-16)10-17(12-24(20)13-18-11-22-14-27-18)23-28(25,26)19-5-3-2-4-6-19/h2-9,11,14,17,23H,10,12-13H2/t17-/m1/s1. The van der Waals surface area contributed by atoms with E-state index in [0.717, 1.165) is 16.1 Å². The topological polar surface area (TPSA) is 66.7 Å². The highest BCUT2D eigenvalue weighted by molar-refractivity contribution is 7.89. The molecule has 1 aliphatic rings. The van der Waals surface area contributed by atoms with E-state index in [9.17, 15) is 8.42 Å². The molecule has 0 saturated carbocycles. The summed E-state index contributed by atoms with van der Waals surface area (Å²) in [5.41, 5.74) is 4.36. The molecule has 0 bridgehead atoms. The molecule has 2 aromatic carbocycles. The lowest BCUT2D eigenvalue weighted by Gasteiger charge is -2.36. The molecule has 0 unspecified atom stereocenters. The van der Waals surface area contributed by atoms with E-state index in [4.69, 9.17) is 6.57 Å². The number of benzene rings is 2. The molecule has 4 rings (SSSR count). The van der Waals surface area contributed by atoms with Crippen LogP contribution in [0.1, 0.15) is 10.4 Å². The molecule has 1 aliphatic heterocycles. The summed E-state index contributed by atoms with van der Waals surface area (Å²) < 4.78 is 28.4. The second-order valence-corrected chi connectivity index (χ2v) is 9.29. The highest BCUT2D eigenvalue weighted by atomic mass is 32.2. The van der Waals surface area contributed by atoms with Gasteiger partial charge in [-0.2, -0.15) is 0 Å². The van der Waals surface area contributed by atoms with Crippen molar-refractivity contribution in [3.05, 3.63) is 82.1 Å². The Hall–Kier alpha value is -2.73. The lowest BCUT2D eigenvalue weighted by molar-refractivity contribution is 0.525. The van der Waals surface area contributed by atoms with E-state index < -0.39 is 10.0 Å². The maximum atomic E-state index is 12.8. The fourth-order valence-corrected chi connectivity index (χ4v) is 5.29. The molecule has 1 aromatic heterocycles. The maximum absolute atomic E-state index is 12.8. The Morgan fingerprint density at radius 1 is 1.25 bits per heavy atom. The first-order valence-electron chi connectivity index (χ1n) is 8.75.